The van der Waals surface area contributed by atoms with Crippen LogP contribution in [0.2, 0.25) is 0 Å². The Morgan fingerprint density at radius 3 is 2.53 bits per heavy atom. The molecule has 2 aromatic carbocycles. The summed E-state index contributed by atoms with van der Waals surface area (Å²) in [7, 11) is 1.66. The SMILES string of the molecule is COc1cccc([C@@H](CNC(=O)[C@@H](Cc2ccccc2)NC(=O)c2cccs2)N2CCCC2)c1. The zero-order valence-electron chi connectivity index (χ0n) is 19.4. The molecule has 1 aliphatic rings. The van der Waals surface area contributed by atoms with Crippen LogP contribution in [0.3, 0.4) is 0 Å². The number of benzene rings is 2. The minimum atomic E-state index is -0.665. The zero-order valence-corrected chi connectivity index (χ0v) is 20.2. The summed E-state index contributed by atoms with van der Waals surface area (Å²) in [5, 5.41) is 7.94. The van der Waals surface area contributed by atoms with Gasteiger partial charge in [-0.05, 0) is 60.6 Å². The van der Waals surface area contributed by atoms with E-state index in [2.05, 4.69) is 21.6 Å². The molecule has 2 heterocycles. The molecule has 6 nitrogen and oxygen atoms in total. The number of rotatable bonds is 10. The normalized spacial score (nSPS) is 15.4. The topological polar surface area (TPSA) is 70.7 Å². The Morgan fingerprint density at radius 1 is 1.03 bits per heavy atom. The highest BCUT2D eigenvalue weighted by molar-refractivity contribution is 7.12. The van der Waals surface area contributed by atoms with Gasteiger partial charge in [0, 0.05) is 13.0 Å². The Bertz CT molecular complexity index is 1070. The first-order valence-electron chi connectivity index (χ1n) is 11.7. The number of nitrogens with zero attached hydrogens (tertiary/aromatic N) is 1. The third kappa shape index (κ3) is 6.24. The highest BCUT2D eigenvalue weighted by Gasteiger charge is 2.27. The molecule has 0 bridgehead atoms. The fourth-order valence-electron chi connectivity index (χ4n) is 4.38. The fourth-order valence-corrected chi connectivity index (χ4v) is 5.00. The number of thiophene rings is 1. The molecule has 2 amide bonds. The lowest BCUT2D eigenvalue weighted by Gasteiger charge is -2.29. The van der Waals surface area contributed by atoms with Crippen LogP contribution >= 0.6 is 11.3 Å². The minimum absolute atomic E-state index is 0.0481. The van der Waals surface area contributed by atoms with Crippen LogP contribution in [0.4, 0.5) is 0 Å². The maximum absolute atomic E-state index is 13.4. The lowest BCUT2D eigenvalue weighted by Crippen LogP contribution is -2.49. The van der Waals surface area contributed by atoms with Crippen molar-refractivity contribution in [2.75, 3.05) is 26.7 Å². The average molecular weight is 478 g/mol. The van der Waals surface area contributed by atoms with Gasteiger partial charge in [0.05, 0.1) is 18.0 Å². The second-order valence-corrected chi connectivity index (χ2v) is 9.42. The van der Waals surface area contributed by atoms with Gasteiger partial charge >= 0.3 is 0 Å². The summed E-state index contributed by atoms with van der Waals surface area (Å²) in [6.07, 6.45) is 2.74. The van der Waals surface area contributed by atoms with Gasteiger partial charge < -0.3 is 15.4 Å². The van der Waals surface area contributed by atoms with Crippen LogP contribution in [0.25, 0.3) is 0 Å². The predicted octanol–water partition coefficient (Wildman–Crippen LogP) is 4.05. The second-order valence-electron chi connectivity index (χ2n) is 8.47. The molecular weight excluding hydrogens is 446 g/mol. The highest BCUT2D eigenvalue weighted by Crippen LogP contribution is 2.27. The number of likely N-dealkylation sites (tertiary alicyclic amines) is 1. The molecule has 2 N–H and O–H groups in total. The molecule has 1 aromatic heterocycles. The molecule has 0 radical (unpaired) electrons. The first-order chi connectivity index (χ1) is 16.6. The molecule has 7 heteroatoms. The number of ether oxygens (including phenoxy) is 1. The Morgan fingerprint density at radius 2 is 1.82 bits per heavy atom. The van der Waals surface area contributed by atoms with Crippen molar-refractivity contribution in [1.82, 2.24) is 15.5 Å². The van der Waals surface area contributed by atoms with E-state index >= 15 is 0 Å². The third-order valence-electron chi connectivity index (χ3n) is 6.18. The van der Waals surface area contributed by atoms with Crippen molar-refractivity contribution in [1.29, 1.82) is 0 Å². The van der Waals surface area contributed by atoms with Gasteiger partial charge in [0.1, 0.15) is 11.8 Å². The molecule has 0 spiro atoms. The van der Waals surface area contributed by atoms with Gasteiger partial charge in [0.2, 0.25) is 5.91 Å². The van der Waals surface area contributed by atoms with Gasteiger partial charge in [-0.1, -0.05) is 48.5 Å². The molecule has 2 atom stereocenters. The molecule has 0 unspecified atom stereocenters. The molecule has 1 fully saturated rings. The monoisotopic (exact) mass is 477 g/mol. The van der Waals surface area contributed by atoms with E-state index in [0.29, 0.717) is 17.8 Å². The number of methoxy groups -OCH3 is 1. The lowest BCUT2D eigenvalue weighted by atomic mass is 10.0. The first kappa shape index (κ1) is 24.0. The van der Waals surface area contributed by atoms with Crippen molar-refractivity contribution in [3.8, 4) is 5.75 Å². The van der Waals surface area contributed by atoms with Crippen LogP contribution in [0.5, 0.6) is 5.75 Å². The predicted molar refractivity (Wildman–Crippen MR) is 135 cm³/mol. The molecule has 4 rings (SSSR count). The van der Waals surface area contributed by atoms with Gasteiger partial charge in [0.15, 0.2) is 0 Å². The molecule has 0 saturated carbocycles. The van der Waals surface area contributed by atoms with Gasteiger partial charge in [-0.25, -0.2) is 0 Å². The third-order valence-corrected chi connectivity index (χ3v) is 7.05. The van der Waals surface area contributed by atoms with Crippen LogP contribution in [0, 0.1) is 0 Å². The summed E-state index contributed by atoms with van der Waals surface area (Å²) in [6.45, 7) is 2.47. The van der Waals surface area contributed by atoms with Crippen molar-refractivity contribution in [2.45, 2.75) is 31.3 Å². The maximum Gasteiger partial charge on any atom is 0.262 e. The number of carbonyl (C=O) groups excluding carboxylic acids is 2. The summed E-state index contributed by atoms with van der Waals surface area (Å²) in [4.78, 5) is 29.1. The van der Waals surface area contributed by atoms with Crippen molar-refractivity contribution in [3.05, 3.63) is 88.1 Å². The van der Waals surface area contributed by atoms with Crippen molar-refractivity contribution < 1.29 is 14.3 Å². The molecule has 34 heavy (non-hydrogen) atoms. The number of hydrogen-bond donors (Lipinski definition) is 2. The summed E-state index contributed by atoms with van der Waals surface area (Å²) < 4.78 is 5.42. The second kappa shape index (κ2) is 11.8. The number of amides is 2. The molecule has 3 aromatic rings. The van der Waals surface area contributed by atoms with Gasteiger partial charge in [0.25, 0.3) is 5.91 Å². The molecule has 1 aliphatic heterocycles. The van der Waals surface area contributed by atoms with Crippen LogP contribution in [0.1, 0.15) is 39.7 Å². The van der Waals surface area contributed by atoms with E-state index in [0.717, 1.165) is 42.8 Å². The number of carbonyl (C=O) groups is 2. The molecule has 178 valence electrons. The largest absolute Gasteiger partial charge is 0.497 e. The summed E-state index contributed by atoms with van der Waals surface area (Å²) >= 11 is 1.36. The number of hydrogen-bond acceptors (Lipinski definition) is 5. The van der Waals surface area contributed by atoms with Crippen LogP contribution < -0.4 is 15.4 Å². The van der Waals surface area contributed by atoms with Crippen LogP contribution in [-0.4, -0.2) is 49.5 Å². The van der Waals surface area contributed by atoms with Crippen molar-refractivity contribution in [3.63, 3.8) is 0 Å². The van der Waals surface area contributed by atoms with Crippen molar-refractivity contribution in [2.24, 2.45) is 0 Å². The average Bonchev–Trinajstić information content (AvgIpc) is 3.59. The highest BCUT2D eigenvalue weighted by atomic mass is 32.1. The molecule has 1 saturated heterocycles. The van der Waals surface area contributed by atoms with Crippen LogP contribution in [-0.2, 0) is 11.2 Å². The summed E-state index contributed by atoms with van der Waals surface area (Å²) in [5.74, 6) is 0.397. The van der Waals surface area contributed by atoms with E-state index < -0.39 is 6.04 Å². The maximum atomic E-state index is 13.4. The van der Waals surface area contributed by atoms with E-state index in [1.807, 2.05) is 60.0 Å². The van der Waals surface area contributed by atoms with Crippen molar-refractivity contribution >= 4 is 23.2 Å². The van der Waals surface area contributed by atoms with Gasteiger partial charge in [-0.3, -0.25) is 14.5 Å². The fraction of sp³-hybridized carbons (Fsp3) is 0.333. The van der Waals surface area contributed by atoms with E-state index in [1.165, 1.54) is 11.3 Å². The Balaban J connectivity index is 1.49. The van der Waals surface area contributed by atoms with Gasteiger partial charge in [-0.15, -0.1) is 11.3 Å². The quantitative estimate of drug-likeness (QED) is 0.462. The summed E-state index contributed by atoms with van der Waals surface area (Å²) in [6, 6.07) is 20.8. The first-order valence-corrected chi connectivity index (χ1v) is 12.6. The number of nitrogens with one attached hydrogen (secondary N) is 2. The molecular formula is C27H31N3O3S. The summed E-state index contributed by atoms with van der Waals surface area (Å²) in [5.41, 5.74) is 2.11. The van der Waals surface area contributed by atoms with E-state index in [-0.39, 0.29) is 17.9 Å². The van der Waals surface area contributed by atoms with E-state index in [9.17, 15) is 9.59 Å². The van der Waals surface area contributed by atoms with Crippen LogP contribution in [0.15, 0.2) is 72.1 Å². The Labute approximate surface area is 204 Å². The zero-order chi connectivity index (χ0) is 23.8. The smallest absolute Gasteiger partial charge is 0.262 e. The lowest BCUT2D eigenvalue weighted by molar-refractivity contribution is -0.123. The van der Waals surface area contributed by atoms with Gasteiger partial charge in [-0.2, -0.15) is 0 Å². The van der Waals surface area contributed by atoms with E-state index in [1.54, 1.807) is 13.2 Å². The van der Waals surface area contributed by atoms with E-state index in [4.69, 9.17) is 4.74 Å². The minimum Gasteiger partial charge on any atom is -0.497 e. The molecule has 0 aliphatic carbocycles. The standard InChI is InChI=1S/C27H31N3O3S/c1-33-22-12-7-11-21(18-22)24(30-14-5-6-15-30)19-28-26(31)23(17-20-9-3-2-4-10-20)29-27(32)25-13-8-16-34-25/h2-4,7-13,16,18,23-24H,5-6,14-15,17,19H2,1H3,(H,28,31)(H,29,32)/t23-,24-/m1/s1. The Kier molecular flexibility index (Phi) is 8.33. The Hall–Kier alpha value is -3.16.